The maximum atomic E-state index is 5.74. The number of nitrogens with two attached hydrogens (primary N) is 1. The van der Waals surface area contributed by atoms with Gasteiger partial charge in [-0.15, -0.1) is 0 Å². The molecule has 6 nitrogen and oxygen atoms in total. The summed E-state index contributed by atoms with van der Waals surface area (Å²) in [6.45, 7) is 2.55. The second kappa shape index (κ2) is 5.86. The monoisotopic (exact) mass is 252 g/mol. The predicted octanol–water partition coefficient (Wildman–Crippen LogP) is 0.669. The molecule has 0 spiro atoms. The average Bonchev–Trinajstić information content (AvgIpc) is 2.46. The maximum Gasteiger partial charge on any atom is 0.231 e. The van der Waals surface area contributed by atoms with E-state index >= 15 is 0 Å². The highest BCUT2D eigenvalue weighted by atomic mass is 16.5. The molecule has 0 amide bonds. The Hall–Kier alpha value is -1.56. The third kappa shape index (κ3) is 2.81. The molecular formula is C12H20N4O2. The smallest absolute Gasteiger partial charge is 0.231 e. The van der Waals surface area contributed by atoms with Crippen molar-refractivity contribution >= 4 is 5.95 Å². The van der Waals surface area contributed by atoms with Gasteiger partial charge in [-0.1, -0.05) is 0 Å². The van der Waals surface area contributed by atoms with E-state index in [9.17, 15) is 0 Å². The number of anilines is 1. The molecule has 1 saturated heterocycles. The second-order valence-corrected chi connectivity index (χ2v) is 4.44. The number of hydrogen-bond donors (Lipinski definition) is 1. The number of ether oxygens (including phenoxy) is 2. The topological polar surface area (TPSA) is 73.5 Å². The molecule has 1 aromatic heterocycles. The molecule has 100 valence electrons. The molecule has 1 unspecified atom stereocenters. The van der Waals surface area contributed by atoms with Gasteiger partial charge in [-0.25, -0.2) is 0 Å². The third-order valence-corrected chi connectivity index (χ3v) is 3.22. The van der Waals surface area contributed by atoms with E-state index in [1.807, 2.05) is 0 Å². The first-order valence-corrected chi connectivity index (χ1v) is 6.19. The van der Waals surface area contributed by atoms with Crippen LogP contribution in [0.5, 0.6) is 11.8 Å². The normalized spacial score (nSPS) is 19.7. The lowest BCUT2D eigenvalue weighted by Crippen LogP contribution is -2.39. The van der Waals surface area contributed by atoms with Crippen molar-refractivity contribution in [2.75, 3.05) is 38.8 Å². The molecule has 2 N–H and O–H groups in total. The summed E-state index contributed by atoms with van der Waals surface area (Å²) in [5.41, 5.74) is 5.74. The van der Waals surface area contributed by atoms with Crippen LogP contribution in [0.2, 0.25) is 0 Å². The highest BCUT2D eigenvalue weighted by Crippen LogP contribution is 2.24. The van der Waals surface area contributed by atoms with Gasteiger partial charge in [0.25, 0.3) is 0 Å². The van der Waals surface area contributed by atoms with E-state index in [1.54, 1.807) is 20.3 Å². The van der Waals surface area contributed by atoms with Crippen LogP contribution in [0.1, 0.15) is 12.8 Å². The van der Waals surface area contributed by atoms with Crippen LogP contribution in [-0.2, 0) is 0 Å². The van der Waals surface area contributed by atoms with Gasteiger partial charge in [0.2, 0.25) is 17.7 Å². The van der Waals surface area contributed by atoms with Crippen LogP contribution < -0.4 is 20.1 Å². The first kappa shape index (κ1) is 12.9. The summed E-state index contributed by atoms with van der Waals surface area (Å²) in [4.78, 5) is 10.9. The minimum Gasteiger partial charge on any atom is -0.481 e. The van der Waals surface area contributed by atoms with Gasteiger partial charge in [-0.05, 0) is 25.3 Å². The minimum atomic E-state index is 0.513. The van der Waals surface area contributed by atoms with Gasteiger partial charge in [-0.2, -0.15) is 9.97 Å². The van der Waals surface area contributed by atoms with E-state index in [4.69, 9.17) is 15.2 Å². The molecule has 1 aliphatic rings. The van der Waals surface area contributed by atoms with E-state index in [2.05, 4.69) is 14.9 Å². The van der Waals surface area contributed by atoms with Gasteiger partial charge in [0, 0.05) is 13.1 Å². The van der Waals surface area contributed by atoms with Crippen LogP contribution >= 0.6 is 0 Å². The number of nitrogens with zero attached hydrogens (tertiary/aromatic N) is 3. The van der Waals surface area contributed by atoms with E-state index in [0.717, 1.165) is 19.5 Å². The quantitative estimate of drug-likeness (QED) is 0.849. The first-order chi connectivity index (χ1) is 8.76. The summed E-state index contributed by atoms with van der Waals surface area (Å²) in [6.07, 6.45) is 2.29. The van der Waals surface area contributed by atoms with E-state index in [-0.39, 0.29) is 0 Å². The number of aromatic nitrogens is 2. The molecule has 0 aromatic carbocycles. The molecular weight excluding hydrogens is 232 g/mol. The van der Waals surface area contributed by atoms with Gasteiger partial charge in [0.05, 0.1) is 20.3 Å². The van der Waals surface area contributed by atoms with E-state index < -0.39 is 0 Å². The summed E-state index contributed by atoms with van der Waals surface area (Å²) >= 11 is 0. The van der Waals surface area contributed by atoms with Crippen LogP contribution in [0.25, 0.3) is 0 Å². The van der Waals surface area contributed by atoms with Crippen LogP contribution in [0, 0.1) is 5.92 Å². The Labute approximate surface area is 107 Å². The summed E-state index contributed by atoms with van der Waals surface area (Å²) in [5.74, 6) is 2.21. The van der Waals surface area contributed by atoms with Crippen LogP contribution in [0.4, 0.5) is 5.95 Å². The van der Waals surface area contributed by atoms with Crippen molar-refractivity contribution in [2.45, 2.75) is 12.8 Å². The van der Waals surface area contributed by atoms with Gasteiger partial charge in [0.1, 0.15) is 0 Å². The summed E-state index contributed by atoms with van der Waals surface area (Å²) < 4.78 is 10.3. The van der Waals surface area contributed by atoms with Crippen LogP contribution in [-0.4, -0.2) is 43.8 Å². The second-order valence-electron chi connectivity index (χ2n) is 4.44. The summed E-state index contributed by atoms with van der Waals surface area (Å²) in [5, 5.41) is 0. The minimum absolute atomic E-state index is 0.513. The molecule has 0 saturated carbocycles. The molecule has 0 radical (unpaired) electrons. The van der Waals surface area contributed by atoms with Crippen molar-refractivity contribution in [3.05, 3.63) is 6.07 Å². The lowest BCUT2D eigenvalue weighted by atomic mass is 9.99. The van der Waals surface area contributed by atoms with Crippen molar-refractivity contribution in [2.24, 2.45) is 11.7 Å². The Morgan fingerprint density at radius 1 is 1.33 bits per heavy atom. The Bertz CT molecular complexity index is 377. The molecule has 2 heterocycles. The molecule has 6 heteroatoms. The van der Waals surface area contributed by atoms with E-state index in [1.165, 1.54) is 6.42 Å². The van der Waals surface area contributed by atoms with Gasteiger partial charge in [-0.3, -0.25) is 0 Å². The molecule has 18 heavy (non-hydrogen) atoms. The summed E-state index contributed by atoms with van der Waals surface area (Å²) in [7, 11) is 3.18. The molecule has 0 aliphatic carbocycles. The van der Waals surface area contributed by atoms with Crippen LogP contribution in [0.15, 0.2) is 6.07 Å². The highest BCUT2D eigenvalue weighted by molar-refractivity contribution is 5.37. The number of hydrogen-bond acceptors (Lipinski definition) is 6. The lowest BCUT2D eigenvalue weighted by molar-refractivity contribution is 0.367. The fourth-order valence-corrected chi connectivity index (χ4v) is 2.18. The zero-order chi connectivity index (χ0) is 13.0. The van der Waals surface area contributed by atoms with Crippen molar-refractivity contribution < 1.29 is 9.47 Å². The van der Waals surface area contributed by atoms with Crippen molar-refractivity contribution in [3.63, 3.8) is 0 Å². The van der Waals surface area contributed by atoms with Crippen molar-refractivity contribution in [3.8, 4) is 11.8 Å². The Morgan fingerprint density at radius 3 is 2.56 bits per heavy atom. The fraction of sp³-hybridized carbons (Fsp3) is 0.667. The number of methoxy groups -OCH3 is 2. The third-order valence-electron chi connectivity index (χ3n) is 3.22. The molecule has 1 aromatic rings. The zero-order valence-electron chi connectivity index (χ0n) is 10.9. The summed E-state index contributed by atoms with van der Waals surface area (Å²) in [6, 6.07) is 1.67. The first-order valence-electron chi connectivity index (χ1n) is 6.19. The SMILES string of the molecule is COc1cc(OC)nc(N2CCCC(CN)C2)n1. The maximum absolute atomic E-state index is 5.74. The van der Waals surface area contributed by atoms with Gasteiger partial charge in [0.15, 0.2) is 0 Å². The molecule has 1 fully saturated rings. The van der Waals surface area contributed by atoms with Crippen LogP contribution in [0.3, 0.4) is 0 Å². The molecule has 2 rings (SSSR count). The standard InChI is InChI=1S/C12H20N4O2/c1-17-10-6-11(18-2)15-12(14-10)16-5-3-4-9(7-13)8-16/h6,9H,3-5,7-8,13H2,1-2H3. The Kier molecular flexibility index (Phi) is 4.19. The lowest BCUT2D eigenvalue weighted by Gasteiger charge is -2.32. The Morgan fingerprint density at radius 2 is 2.00 bits per heavy atom. The molecule has 1 atom stereocenters. The molecule has 0 bridgehead atoms. The predicted molar refractivity (Wildman–Crippen MR) is 69.1 cm³/mol. The number of piperidine rings is 1. The molecule has 1 aliphatic heterocycles. The number of rotatable bonds is 4. The Balaban J connectivity index is 2.20. The zero-order valence-corrected chi connectivity index (χ0v) is 10.9. The van der Waals surface area contributed by atoms with Crippen molar-refractivity contribution in [1.82, 2.24) is 9.97 Å². The fourth-order valence-electron chi connectivity index (χ4n) is 2.18. The van der Waals surface area contributed by atoms with E-state index in [0.29, 0.717) is 30.2 Å². The average molecular weight is 252 g/mol. The van der Waals surface area contributed by atoms with Gasteiger partial charge >= 0.3 is 0 Å². The largest absolute Gasteiger partial charge is 0.481 e. The van der Waals surface area contributed by atoms with Gasteiger partial charge < -0.3 is 20.1 Å². The van der Waals surface area contributed by atoms with Crippen molar-refractivity contribution in [1.29, 1.82) is 0 Å². The highest BCUT2D eigenvalue weighted by Gasteiger charge is 2.21.